The van der Waals surface area contributed by atoms with Gasteiger partial charge in [0.15, 0.2) is 0 Å². The lowest BCUT2D eigenvalue weighted by Crippen LogP contribution is -2.38. The lowest BCUT2D eigenvalue weighted by atomic mass is 10.0. The van der Waals surface area contributed by atoms with Gasteiger partial charge in [0.2, 0.25) is 5.91 Å². The number of benzene rings is 1. The molecule has 0 aliphatic carbocycles. The average Bonchev–Trinajstić information content (AvgIpc) is 2.97. The fraction of sp³-hybridized carbons (Fsp3) is 0.500. The first-order valence-corrected chi connectivity index (χ1v) is 8.22. The molecule has 23 heavy (non-hydrogen) atoms. The summed E-state index contributed by atoms with van der Waals surface area (Å²) in [6.45, 7) is 1.23. The lowest BCUT2D eigenvalue weighted by molar-refractivity contribution is -0.144. The molecule has 1 aliphatic heterocycles. The van der Waals surface area contributed by atoms with Crippen molar-refractivity contribution < 1.29 is 19.4 Å². The Labute approximate surface area is 145 Å². The molecule has 1 atom stereocenters. The number of nitrogens with zero attached hydrogens (tertiary/aromatic N) is 1. The van der Waals surface area contributed by atoms with E-state index in [1.807, 2.05) is 0 Å². The largest absolute Gasteiger partial charge is 0.480 e. The highest BCUT2D eigenvalue weighted by atomic mass is 35.5. The Morgan fingerprint density at radius 2 is 2.13 bits per heavy atom. The van der Waals surface area contributed by atoms with Crippen molar-refractivity contribution in [3.63, 3.8) is 0 Å². The quantitative estimate of drug-likeness (QED) is 0.812. The smallest absolute Gasteiger partial charge is 0.323 e. The van der Waals surface area contributed by atoms with Crippen molar-refractivity contribution >= 4 is 35.1 Å². The maximum atomic E-state index is 12.3. The third kappa shape index (κ3) is 5.68. The summed E-state index contributed by atoms with van der Waals surface area (Å²) in [5.41, 5.74) is 0.837. The van der Waals surface area contributed by atoms with Crippen LogP contribution in [0.4, 0.5) is 0 Å². The Kier molecular flexibility index (Phi) is 6.69. The normalized spacial score (nSPS) is 17.2. The van der Waals surface area contributed by atoms with Gasteiger partial charge in [-0.1, -0.05) is 29.3 Å². The molecule has 0 bridgehead atoms. The molecular formula is C16H19Cl2NO4. The van der Waals surface area contributed by atoms with Crippen molar-refractivity contribution in [2.45, 2.75) is 19.3 Å². The number of carboxylic acid groups (broad SMARTS) is 1. The molecule has 1 aromatic rings. The fourth-order valence-corrected chi connectivity index (χ4v) is 3.06. The number of carbonyl (C=O) groups is 2. The first-order chi connectivity index (χ1) is 11.0. The van der Waals surface area contributed by atoms with Gasteiger partial charge < -0.3 is 14.7 Å². The Balaban J connectivity index is 1.96. The summed E-state index contributed by atoms with van der Waals surface area (Å²) in [7, 11) is 0. The second-order valence-electron chi connectivity index (χ2n) is 5.63. The molecule has 0 unspecified atom stereocenters. The zero-order chi connectivity index (χ0) is 16.8. The van der Waals surface area contributed by atoms with Crippen LogP contribution < -0.4 is 0 Å². The van der Waals surface area contributed by atoms with Crippen LogP contribution in [0.5, 0.6) is 0 Å². The molecule has 126 valence electrons. The Hall–Kier alpha value is -1.30. The summed E-state index contributed by atoms with van der Waals surface area (Å²) in [6.07, 6.45) is 1.65. The fourth-order valence-electron chi connectivity index (χ4n) is 2.56. The third-order valence-corrected chi connectivity index (χ3v) is 4.42. The standard InChI is InChI=1S/C16H19Cl2NO4/c17-13-2-1-12(14(18)8-13)3-5-19(9-16(21)22)15(20)7-11-4-6-23-10-11/h1-2,8,11H,3-7,9-10H2,(H,21,22)/t11-/m1/s1. The van der Waals surface area contributed by atoms with Crippen molar-refractivity contribution in [3.8, 4) is 0 Å². The highest BCUT2D eigenvalue weighted by molar-refractivity contribution is 6.35. The van der Waals surface area contributed by atoms with Crippen molar-refractivity contribution in [2.75, 3.05) is 26.3 Å². The van der Waals surface area contributed by atoms with Gasteiger partial charge in [0.1, 0.15) is 6.54 Å². The van der Waals surface area contributed by atoms with Gasteiger partial charge in [-0.05, 0) is 36.5 Å². The van der Waals surface area contributed by atoms with Gasteiger partial charge in [-0.2, -0.15) is 0 Å². The van der Waals surface area contributed by atoms with E-state index in [4.69, 9.17) is 33.0 Å². The summed E-state index contributed by atoms with van der Waals surface area (Å²) in [6, 6.07) is 5.15. The molecule has 1 heterocycles. The minimum atomic E-state index is -1.02. The van der Waals surface area contributed by atoms with Crippen molar-refractivity contribution in [1.82, 2.24) is 4.90 Å². The molecule has 1 amide bonds. The maximum Gasteiger partial charge on any atom is 0.323 e. The molecule has 1 fully saturated rings. The van der Waals surface area contributed by atoms with Crippen LogP contribution in [0.2, 0.25) is 10.0 Å². The zero-order valence-electron chi connectivity index (χ0n) is 12.6. The van der Waals surface area contributed by atoms with E-state index in [9.17, 15) is 9.59 Å². The molecule has 0 aromatic heterocycles. The van der Waals surface area contributed by atoms with Crippen molar-refractivity contribution in [3.05, 3.63) is 33.8 Å². The average molecular weight is 360 g/mol. The molecule has 1 aliphatic rings. The second kappa shape index (κ2) is 8.52. The van der Waals surface area contributed by atoms with E-state index in [0.29, 0.717) is 42.6 Å². The number of carboxylic acids is 1. The SMILES string of the molecule is O=C(O)CN(CCc1ccc(Cl)cc1Cl)C(=O)C[C@H]1CCOC1. The molecule has 1 aromatic carbocycles. The van der Waals surface area contributed by atoms with Gasteiger partial charge in [-0.25, -0.2) is 0 Å². The molecule has 2 rings (SSSR count). The Morgan fingerprint density at radius 1 is 1.35 bits per heavy atom. The number of carbonyl (C=O) groups excluding carboxylic acids is 1. The Bertz CT molecular complexity index is 573. The van der Waals surface area contributed by atoms with E-state index < -0.39 is 5.97 Å². The molecule has 0 saturated carbocycles. The molecule has 7 heteroatoms. The van der Waals surface area contributed by atoms with Crippen LogP contribution in [0, 0.1) is 5.92 Å². The van der Waals surface area contributed by atoms with E-state index >= 15 is 0 Å². The highest BCUT2D eigenvalue weighted by Gasteiger charge is 2.24. The van der Waals surface area contributed by atoms with Gasteiger partial charge >= 0.3 is 5.97 Å². The third-order valence-electron chi connectivity index (χ3n) is 3.83. The van der Waals surface area contributed by atoms with Gasteiger partial charge in [0.25, 0.3) is 0 Å². The number of aliphatic carboxylic acids is 1. The second-order valence-corrected chi connectivity index (χ2v) is 6.47. The van der Waals surface area contributed by atoms with Gasteiger partial charge in [0.05, 0.1) is 0 Å². The van der Waals surface area contributed by atoms with E-state index in [-0.39, 0.29) is 18.4 Å². The summed E-state index contributed by atoms with van der Waals surface area (Å²) < 4.78 is 5.26. The number of hydrogen-bond donors (Lipinski definition) is 1. The summed E-state index contributed by atoms with van der Waals surface area (Å²) >= 11 is 12.0. The predicted molar refractivity (Wildman–Crippen MR) is 87.9 cm³/mol. The first kappa shape index (κ1) is 18.0. The lowest BCUT2D eigenvalue weighted by Gasteiger charge is -2.22. The van der Waals surface area contributed by atoms with Crippen molar-refractivity contribution in [1.29, 1.82) is 0 Å². The number of amides is 1. The number of hydrogen-bond acceptors (Lipinski definition) is 3. The molecule has 0 radical (unpaired) electrons. The molecule has 1 saturated heterocycles. The highest BCUT2D eigenvalue weighted by Crippen LogP contribution is 2.22. The van der Waals surface area contributed by atoms with E-state index in [0.717, 1.165) is 12.0 Å². The Morgan fingerprint density at radius 3 is 2.74 bits per heavy atom. The first-order valence-electron chi connectivity index (χ1n) is 7.47. The van der Waals surface area contributed by atoms with E-state index in [1.165, 1.54) is 4.90 Å². The van der Waals surface area contributed by atoms with Crippen LogP contribution in [-0.4, -0.2) is 48.2 Å². The van der Waals surface area contributed by atoms with Crippen LogP contribution in [0.25, 0.3) is 0 Å². The summed E-state index contributed by atoms with van der Waals surface area (Å²) in [5.74, 6) is -1.01. The topological polar surface area (TPSA) is 66.8 Å². The van der Waals surface area contributed by atoms with Gasteiger partial charge in [0, 0.05) is 36.2 Å². The van der Waals surface area contributed by atoms with Gasteiger partial charge in [-0.3, -0.25) is 9.59 Å². The minimum absolute atomic E-state index is 0.159. The molecular weight excluding hydrogens is 341 g/mol. The van der Waals surface area contributed by atoms with Gasteiger partial charge in [-0.15, -0.1) is 0 Å². The van der Waals surface area contributed by atoms with Crippen LogP contribution in [0.1, 0.15) is 18.4 Å². The monoisotopic (exact) mass is 359 g/mol. The molecule has 5 nitrogen and oxygen atoms in total. The maximum absolute atomic E-state index is 12.3. The van der Waals surface area contributed by atoms with Crippen molar-refractivity contribution in [2.24, 2.45) is 5.92 Å². The summed E-state index contributed by atoms with van der Waals surface area (Å²) in [4.78, 5) is 24.7. The van der Waals surface area contributed by atoms with E-state index in [1.54, 1.807) is 18.2 Å². The number of halogens is 2. The van der Waals surface area contributed by atoms with E-state index in [2.05, 4.69) is 0 Å². The minimum Gasteiger partial charge on any atom is -0.480 e. The van der Waals surface area contributed by atoms with Crippen LogP contribution >= 0.6 is 23.2 Å². The number of ether oxygens (including phenoxy) is 1. The van der Waals surface area contributed by atoms with Crippen LogP contribution in [-0.2, 0) is 20.7 Å². The summed E-state index contributed by atoms with van der Waals surface area (Å²) in [5, 5.41) is 10.1. The number of rotatable bonds is 7. The molecule has 1 N–H and O–H groups in total. The zero-order valence-corrected chi connectivity index (χ0v) is 14.1. The van der Waals surface area contributed by atoms with Crippen LogP contribution in [0.15, 0.2) is 18.2 Å². The molecule has 0 spiro atoms. The predicted octanol–water partition coefficient (Wildman–Crippen LogP) is 2.88. The van der Waals surface area contributed by atoms with Crippen LogP contribution in [0.3, 0.4) is 0 Å².